The van der Waals surface area contributed by atoms with Crippen LogP contribution in [0.1, 0.15) is 25.5 Å². The van der Waals surface area contributed by atoms with Crippen LogP contribution in [0.4, 0.5) is 5.69 Å². The van der Waals surface area contributed by atoms with E-state index in [0.717, 1.165) is 0 Å². The molecule has 174 valence electrons. The lowest BCUT2D eigenvalue weighted by Crippen LogP contribution is -2.32. The largest absolute Gasteiger partial charge is 0.497 e. The molecule has 0 unspecified atom stereocenters. The number of benzene rings is 2. The van der Waals surface area contributed by atoms with Crippen molar-refractivity contribution >= 4 is 34.5 Å². The lowest BCUT2D eigenvalue weighted by atomic mass is 9.95. The summed E-state index contributed by atoms with van der Waals surface area (Å²) < 4.78 is 15.9. The Kier molecular flexibility index (Phi) is 8.37. The van der Waals surface area contributed by atoms with E-state index in [2.05, 4.69) is 10.6 Å². The molecule has 0 aromatic heterocycles. The number of carbonyl (C=O) groups excluding carboxylic acids is 2. The molecule has 0 aliphatic carbocycles. The number of ether oxygens (including phenoxy) is 3. The first-order valence-electron chi connectivity index (χ1n) is 10.4. The smallest absolute Gasteiger partial charge is 0.316 e. The Morgan fingerprint density at radius 3 is 2.55 bits per heavy atom. The summed E-state index contributed by atoms with van der Waals surface area (Å²) in [5.41, 5.74) is 2.46. The van der Waals surface area contributed by atoms with Gasteiger partial charge in [-0.05, 0) is 38.1 Å². The zero-order chi connectivity index (χ0) is 23.8. The molecule has 0 bridgehead atoms. The molecule has 2 aromatic carbocycles. The number of aliphatic imine (C=N–C) groups is 1. The summed E-state index contributed by atoms with van der Waals surface area (Å²) in [6.45, 7) is 3.88. The second-order valence-corrected chi connectivity index (χ2v) is 7.99. The van der Waals surface area contributed by atoms with E-state index in [1.807, 2.05) is 43.3 Å². The highest BCUT2D eigenvalue weighted by atomic mass is 32.2. The summed E-state index contributed by atoms with van der Waals surface area (Å²) in [5.74, 6) is 0.649. The van der Waals surface area contributed by atoms with Crippen LogP contribution in [0, 0.1) is 0 Å². The van der Waals surface area contributed by atoms with Gasteiger partial charge in [-0.2, -0.15) is 0 Å². The maximum absolute atomic E-state index is 13.3. The first-order valence-corrected chi connectivity index (χ1v) is 11.4. The predicted molar refractivity (Wildman–Crippen MR) is 130 cm³/mol. The standard InChI is InChI=1S/C24H27N3O5S/c1-5-32-20(28)14-33-24-25-15(2)21(23(29)26-16-9-7-6-8-10-16)22(27-24)18-12-11-17(30-3)13-19(18)31-4/h6-13,22H,5,14H2,1-4H3,(H,25,27)(H,26,29)/t22-/m0/s1. The average Bonchev–Trinajstić information content (AvgIpc) is 2.82. The van der Waals surface area contributed by atoms with Crippen molar-refractivity contribution in [2.45, 2.75) is 19.9 Å². The Hall–Kier alpha value is -3.46. The quantitative estimate of drug-likeness (QED) is 0.566. The third-order valence-electron chi connectivity index (χ3n) is 4.86. The number of allylic oxidation sites excluding steroid dienone is 1. The van der Waals surface area contributed by atoms with Gasteiger partial charge < -0.3 is 24.8 Å². The molecular formula is C24H27N3O5S. The number of nitrogens with zero attached hydrogens (tertiary/aromatic N) is 1. The lowest BCUT2D eigenvalue weighted by molar-refractivity contribution is -0.139. The van der Waals surface area contributed by atoms with Gasteiger partial charge in [0, 0.05) is 23.0 Å². The van der Waals surface area contributed by atoms with Crippen molar-refractivity contribution in [3.05, 3.63) is 65.4 Å². The minimum atomic E-state index is -0.652. The lowest BCUT2D eigenvalue weighted by Gasteiger charge is -2.27. The van der Waals surface area contributed by atoms with Crippen molar-refractivity contribution in [1.29, 1.82) is 0 Å². The van der Waals surface area contributed by atoms with Gasteiger partial charge in [-0.15, -0.1) is 0 Å². The van der Waals surface area contributed by atoms with Crippen LogP contribution in [0.5, 0.6) is 11.5 Å². The van der Waals surface area contributed by atoms with Crippen LogP contribution in [-0.2, 0) is 14.3 Å². The Balaban J connectivity index is 1.97. The SMILES string of the molecule is CCOC(=O)CSC1=N[C@@H](c2ccc(OC)cc2OC)C(C(=O)Nc2ccccc2)=C(C)N1. The van der Waals surface area contributed by atoms with Gasteiger partial charge in [0.05, 0.1) is 32.2 Å². The number of amides is 1. The molecule has 1 aliphatic rings. The molecule has 3 rings (SSSR count). The third kappa shape index (κ3) is 6.07. The van der Waals surface area contributed by atoms with Gasteiger partial charge in [0.2, 0.25) is 0 Å². The zero-order valence-corrected chi connectivity index (χ0v) is 19.8. The maximum Gasteiger partial charge on any atom is 0.316 e. The minimum absolute atomic E-state index is 0.102. The number of anilines is 1. The van der Waals surface area contributed by atoms with Crippen LogP contribution in [-0.4, -0.2) is 43.6 Å². The second kappa shape index (κ2) is 11.4. The van der Waals surface area contributed by atoms with E-state index in [1.165, 1.54) is 11.8 Å². The Morgan fingerprint density at radius 1 is 1.12 bits per heavy atom. The summed E-state index contributed by atoms with van der Waals surface area (Å²) in [4.78, 5) is 29.9. The number of hydrogen-bond donors (Lipinski definition) is 2. The molecule has 2 aromatic rings. The molecule has 8 nitrogen and oxygen atoms in total. The number of para-hydroxylation sites is 1. The fourth-order valence-electron chi connectivity index (χ4n) is 3.33. The van der Waals surface area contributed by atoms with Crippen molar-refractivity contribution < 1.29 is 23.8 Å². The highest BCUT2D eigenvalue weighted by molar-refractivity contribution is 8.14. The summed E-state index contributed by atoms with van der Waals surface area (Å²) in [5, 5.41) is 6.59. The number of thioether (sulfide) groups is 1. The van der Waals surface area contributed by atoms with Crippen molar-refractivity contribution in [1.82, 2.24) is 5.32 Å². The Labute approximate surface area is 197 Å². The normalized spacial score (nSPS) is 15.3. The first kappa shape index (κ1) is 24.2. The molecule has 0 fully saturated rings. The number of carbonyl (C=O) groups is 2. The van der Waals surface area contributed by atoms with E-state index in [1.54, 1.807) is 33.3 Å². The van der Waals surface area contributed by atoms with Gasteiger partial charge >= 0.3 is 5.97 Å². The second-order valence-electron chi connectivity index (χ2n) is 7.02. The molecule has 1 atom stereocenters. The van der Waals surface area contributed by atoms with Crippen LogP contribution >= 0.6 is 11.8 Å². The van der Waals surface area contributed by atoms with E-state index >= 15 is 0 Å². The van der Waals surface area contributed by atoms with Crippen LogP contribution in [0.2, 0.25) is 0 Å². The van der Waals surface area contributed by atoms with Crippen molar-refractivity contribution in [3.63, 3.8) is 0 Å². The number of hydrogen-bond acceptors (Lipinski definition) is 8. The van der Waals surface area contributed by atoms with Crippen LogP contribution in [0.25, 0.3) is 0 Å². The van der Waals surface area contributed by atoms with Gasteiger partial charge in [-0.1, -0.05) is 30.0 Å². The molecule has 33 heavy (non-hydrogen) atoms. The van der Waals surface area contributed by atoms with Crippen LogP contribution < -0.4 is 20.1 Å². The first-order chi connectivity index (χ1) is 16.0. The Bertz CT molecular complexity index is 1070. The van der Waals surface area contributed by atoms with Gasteiger partial charge in [0.15, 0.2) is 5.17 Å². The number of esters is 1. The summed E-state index contributed by atoms with van der Waals surface area (Å²) in [6, 6.07) is 13.9. The van der Waals surface area contributed by atoms with Crippen LogP contribution in [0.15, 0.2) is 64.8 Å². The van der Waals surface area contributed by atoms with Crippen molar-refractivity contribution in [2.24, 2.45) is 4.99 Å². The van der Waals surface area contributed by atoms with E-state index < -0.39 is 6.04 Å². The molecule has 0 saturated heterocycles. The molecule has 0 saturated carbocycles. The number of nitrogens with one attached hydrogen (secondary N) is 2. The highest BCUT2D eigenvalue weighted by Gasteiger charge is 2.32. The fraction of sp³-hybridized carbons (Fsp3) is 0.292. The molecule has 0 radical (unpaired) electrons. The van der Waals surface area contributed by atoms with E-state index in [-0.39, 0.29) is 17.6 Å². The summed E-state index contributed by atoms with van der Waals surface area (Å²) >= 11 is 1.22. The minimum Gasteiger partial charge on any atom is -0.497 e. The summed E-state index contributed by atoms with van der Waals surface area (Å²) in [7, 11) is 3.13. The van der Waals surface area contributed by atoms with Crippen molar-refractivity contribution in [2.75, 3.05) is 31.9 Å². The molecule has 0 spiro atoms. The zero-order valence-electron chi connectivity index (χ0n) is 19.0. The van der Waals surface area contributed by atoms with Gasteiger partial charge in [0.25, 0.3) is 5.91 Å². The third-order valence-corrected chi connectivity index (χ3v) is 5.72. The maximum atomic E-state index is 13.3. The molecule has 2 N–H and O–H groups in total. The molecule has 1 amide bonds. The Morgan fingerprint density at radius 2 is 1.88 bits per heavy atom. The molecule has 9 heteroatoms. The van der Waals surface area contributed by atoms with Gasteiger partial charge in [-0.3, -0.25) is 9.59 Å². The average molecular weight is 470 g/mol. The molecule has 1 aliphatic heterocycles. The molecular weight excluding hydrogens is 442 g/mol. The van der Waals surface area contributed by atoms with Crippen molar-refractivity contribution in [3.8, 4) is 11.5 Å². The van der Waals surface area contributed by atoms with Crippen LogP contribution in [0.3, 0.4) is 0 Å². The topological polar surface area (TPSA) is 98.2 Å². The molecule has 1 heterocycles. The van der Waals surface area contributed by atoms with Gasteiger partial charge in [-0.25, -0.2) is 4.99 Å². The monoisotopic (exact) mass is 469 g/mol. The van der Waals surface area contributed by atoms with E-state index in [4.69, 9.17) is 19.2 Å². The van der Waals surface area contributed by atoms with E-state index in [9.17, 15) is 9.59 Å². The van der Waals surface area contributed by atoms with E-state index in [0.29, 0.717) is 45.8 Å². The summed E-state index contributed by atoms with van der Waals surface area (Å²) in [6.07, 6.45) is 0. The predicted octanol–water partition coefficient (Wildman–Crippen LogP) is 3.91. The number of rotatable bonds is 8. The number of amidine groups is 1. The fourth-order valence-corrected chi connectivity index (χ4v) is 4.08. The highest BCUT2D eigenvalue weighted by Crippen LogP contribution is 2.39. The van der Waals surface area contributed by atoms with Gasteiger partial charge in [0.1, 0.15) is 17.5 Å². The number of methoxy groups -OCH3 is 2.